The third kappa shape index (κ3) is 2.55. The summed E-state index contributed by atoms with van der Waals surface area (Å²) in [7, 11) is 0. The molecule has 0 aromatic heterocycles. The van der Waals surface area contributed by atoms with Gasteiger partial charge in [0.1, 0.15) is 0 Å². The van der Waals surface area contributed by atoms with E-state index in [0.717, 1.165) is 32.5 Å². The molecule has 1 aliphatic heterocycles. The van der Waals surface area contributed by atoms with Gasteiger partial charge in [-0.05, 0) is 19.8 Å². The van der Waals surface area contributed by atoms with Gasteiger partial charge in [0.15, 0.2) is 0 Å². The molecule has 0 saturated carbocycles. The zero-order chi connectivity index (χ0) is 12.2. The Hall–Kier alpha value is -0.610. The van der Waals surface area contributed by atoms with Gasteiger partial charge >= 0.3 is 0 Å². The van der Waals surface area contributed by atoms with Crippen LogP contribution in [-0.2, 0) is 4.79 Å². The highest BCUT2D eigenvalue weighted by atomic mass is 16.2. The van der Waals surface area contributed by atoms with E-state index >= 15 is 0 Å². The van der Waals surface area contributed by atoms with Crippen molar-refractivity contribution in [3.8, 4) is 0 Å². The monoisotopic (exact) mass is 227 g/mol. The van der Waals surface area contributed by atoms with E-state index in [0.29, 0.717) is 12.6 Å². The number of carbonyl (C=O) groups excluding carboxylic acids is 1. The van der Waals surface area contributed by atoms with E-state index in [2.05, 4.69) is 26.1 Å². The van der Waals surface area contributed by atoms with Gasteiger partial charge in [-0.15, -0.1) is 0 Å². The second kappa shape index (κ2) is 5.64. The van der Waals surface area contributed by atoms with Gasteiger partial charge in [-0.1, -0.05) is 13.8 Å². The highest BCUT2D eigenvalue weighted by molar-refractivity contribution is 5.83. The minimum absolute atomic E-state index is 0.244. The fraction of sp³-hybridized carbons (Fsp3) is 0.917. The first-order valence-electron chi connectivity index (χ1n) is 6.32. The molecule has 0 spiro atoms. The van der Waals surface area contributed by atoms with E-state index in [1.54, 1.807) is 0 Å². The third-order valence-electron chi connectivity index (χ3n) is 3.85. The van der Waals surface area contributed by atoms with E-state index in [1.807, 2.05) is 4.90 Å². The van der Waals surface area contributed by atoms with E-state index in [9.17, 15) is 4.79 Å². The summed E-state index contributed by atoms with van der Waals surface area (Å²) in [6.07, 6.45) is 1.66. The maximum atomic E-state index is 12.5. The molecule has 1 rings (SSSR count). The highest BCUT2D eigenvalue weighted by Crippen LogP contribution is 2.28. The molecule has 3 N–H and O–H groups in total. The molecule has 4 heteroatoms. The Morgan fingerprint density at radius 1 is 1.50 bits per heavy atom. The highest BCUT2D eigenvalue weighted by Gasteiger charge is 2.37. The minimum Gasteiger partial charge on any atom is -0.339 e. The number of rotatable bonds is 4. The van der Waals surface area contributed by atoms with Gasteiger partial charge in [0.2, 0.25) is 5.91 Å². The molecule has 1 saturated heterocycles. The van der Waals surface area contributed by atoms with Crippen LogP contribution < -0.4 is 11.1 Å². The van der Waals surface area contributed by atoms with Crippen LogP contribution in [0.3, 0.4) is 0 Å². The molecule has 0 aliphatic carbocycles. The molecule has 1 amide bonds. The molecule has 0 aromatic rings. The fourth-order valence-electron chi connectivity index (χ4n) is 2.38. The van der Waals surface area contributed by atoms with E-state index in [-0.39, 0.29) is 11.3 Å². The Bertz CT molecular complexity index is 230. The summed E-state index contributed by atoms with van der Waals surface area (Å²) in [5, 5.41) is 3.35. The Kier molecular flexibility index (Phi) is 4.74. The SMILES string of the molecule is CCC(CC)(CN)C(=O)N1CCNC(C)C1. The van der Waals surface area contributed by atoms with Crippen molar-refractivity contribution >= 4 is 5.91 Å². The van der Waals surface area contributed by atoms with E-state index < -0.39 is 0 Å². The number of hydrogen-bond acceptors (Lipinski definition) is 3. The Morgan fingerprint density at radius 3 is 2.56 bits per heavy atom. The Labute approximate surface area is 98.6 Å². The summed E-state index contributed by atoms with van der Waals surface area (Å²) in [4.78, 5) is 14.5. The summed E-state index contributed by atoms with van der Waals surface area (Å²) in [5.74, 6) is 0.244. The summed E-state index contributed by atoms with van der Waals surface area (Å²) < 4.78 is 0. The van der Waals surface area contributed by atoms with Gasteiger partial charge in [0, 0.05) is 32.2 Å². The Balaban J connectivity index is 2.74. The van der Waals surface area contributed by atoms with Crippen molar-refractivity contribution < 1.29 is 4.79 Å². The van der Waals surface area contributed by atoms with Gasteiger partial charge in [-0.3, -0.25) is 4.79 Å². The first-order chi connectivity index (χ1) is 7.59. The van der Waals surface area contributed by atoms with Crippen LogP contribution in [0.4, 0.5) is 0 Å². The lowest BCUT2D eigenvalue weighted by molar-refractivity contribution is -0.143. The molecule has 1 atom stereocenters. The van der Waals surface area contributed by atoms with Gasteiger partial charge in [0.05, 0.1) is 5.41 Å². The van der Waals surface area contributed by atoms with Crippen LogP contribution in [0.2, 0.25) is 0 Å². The van der Waals surface area contributed by atoms with Crippen molar-refractivity contribution in [1.82, 2.24) is 10.2 Å². The molecular weight excluding hydrogens is 202 g/mol. The number of nitrogens with two attached hydrogens (primary N) is 1. The summed E-state index contributed by atoms with van der Waals surface area (Å²) in [6, 6.07) is 0.391. The predicted molar refractivity (Wildman–Crippen MR) is 66.1 cm³/mol. The molecule has 1 unspecified atom stereocenters. The van der Waals surface area contributed by atoms with Crippen LogP contribution in [0, 0.1) is 5.41 Å². The third-order valence-corrected chi connectivity index (χ3v) is 3.85. The zero-order valence-corrected chi connectivity index (χ0v) is 10.8. The second-order valence-corrected chi connectivity index (χ2v) is 4.80. The average molecular weight is 227 g/mol. The molecule has 1 aliphatic rings. The lowest BCUT2D eigenvalue weighted by Gasteiger charge is -2.39. The number of piperazine rings is 1. The minimum atomic E-state index is -0.336. The van der Waals surface area contributed by atoms with Gasteiger partial charge in [-0.25, -0.2) is 0 Å². The molecule has 0 aromatic carbocycles. The smallest absolute Gasteiger partial charge is 0.230 e. The maximum Gasteiger partial charge on any atom is 0.230 e. The fourth-order valence-corrected chi connectivity index (χ4v) is 2.38. The summed E-state index contributed by atoms with van der Waals surface area (Å²) >= 11 is 0. The first kappa shape index (κ1) is 13.5. The zero-order valence-electron chi connectivity index (χ0n) is 10.8. The van der Waals surface area contributed by atoms with Crippen LogP contribution in [0.15, 0.2) is 0 Å². The summed E-state index contributed by atoms with van der Waals surface area (Å²) in [6.45, 7) is 9.19. The normalized spacial score (nSPS) is 22.2. The molecule has 16 heavy (non-hydrogen) atoms. The standard InChI is InChI=1S/C12H25N3O/c1-4-12(5-2,9-13)11(16)15-7-6-14-10(3)8-15/h10,14H,4-9,13H2,1-3H3. The van der Waals surface area contributed by atoms with Crippen molar-refractivity contribution in [2.75, 3.05) is 26.2 Å². The van der Waals surface area contributed by atoms with Crippen molar-refractivity contribution in [3.05, 3.63) is 0 Å². The van der Waals surface area contributed by atoms with E-state index in [4.69, 9.17) is 5.73 Å². The topological polar surface area (TPSA) is 58.4 Å². The molecule has 94 valence electrons. The molecule has 0 bridgehead atoms. The van der Waals surface area contributed by atoms with Crippen molar-refractivity contribution in [2.45, 2.75) is 39.7 Å². The number of hydrogen-bond donors (Lipinski definition) is 2. The van der Waals surface area contributed by atoms with Crippen LogP contribution in [-0.4, -0.2) is 43.0 Å². The molecule has 0 radical (unpaired) electrons. The molecule has 1 heterocycles. The average Bonchev–Trinajstić information content (AvgIpc) is 2.32. The van der Waals surface area contributed by atoms with Crippen LogP contribution in [0.25, 0.3) is 0 Å². The van der Waals surface area contributed by atoms with E-state index in [1.165, 1.54) is 0 Å². The number of nitrogens with one attached hydrogen (secondary N) is 1. The lowest BCUT2D eigenvalue weighted by Crippen LogP contribution is -2.56. The van der Waals surface area contributed by atoms with Crippen LogP contribution in [0.1, 0.15) is 33.6 Å². The Morgan fingerprint density at radius 2 is 2.12 bits per heavy atom. The van der Waals surface area contributed by atoms with Crippen molar-refractivity contribution in [1.29, 1.82) is 0 Å². The van der Waals surface area contributed by atoms with Gasteiger partial charge in [0.25, 0.3) is 0 Å². The predicted octanol–water partition coefficient (Wildman–Crippen LogP) is 0.572. The van der Waals surface area contributed by atoms with Crippen molar-refractivity contribution in [3.63, 3.8) is 0 Å². The first-order valence-corrected chi connectivity index (χ1v) is 6.32. The summed E-state index contributed by atoms with van der Waals surface area (Å²) in [5.41, 5.74) is 5.47. The number of nitrogens with zero attached hydrogens (tertiary/aromatic N) is 1. The van der Waals surface area contributed by atoms with Gasteiger partial charge < -0.3 is 16.0 Å². The van der Waals surface area contributed by atoms with Crippen molar-refractivity contribution in [2.24, 2.45) is 11.1 Å². The number of carbonyl (C=O) groups is 1. The second-order valence-electron chi connectivity index (χ2n) is 4.80. The van der Waals surface area contributed by atoms with Crippen LogP contribution >= 0.6 is 0 Å². The van der Waals surface area contributed by atoms with Crippen LogP contribution in [0.5, 0.6) is 0 Å². The lowest BCUT2D eigenvalue weighted by atomic mass is 9.80. The molecule has 1 fully saturated rings. The largest absolute Gasteiger partial charge is 0.339 e. The number of amides is 1. The molecule has 4 nitrogen and oxygen atoms in total. The maximum absolute atomic E-state index is 12.5. The molecular formula is C12H25N3O. The quantitative estimate of drug-likeness (QED) is 0.738. The van der Waals surface area contributed by atoms with Gasteiger partial charge in [-0.2, -0.15) is 0 Å².